The predicted octanol–water partition coefficient (Wildman–Crippen LogP) is 3.82. The summed E-state index contributed by atoms with van der Waals surface area (Å²) in [6.07, 6.45) is 3.45. The minimum absolute atomic E-state index is 0. The lowest BCUT2D eigenvalue weighted by Crippen LogP contribution is -2.48. The van der Waals surface area contributed by atoms with Crippen molar-refractivity contribution in [2.75, 3.05) is 39.3 Å². The molecule has 4 nitrogen and oxygen atoms in total. The zero-order chi connectivity index (χ0) is 19.3. The fourth-order valence-electron chi connectivity index (χ4n) is 4.95. The average molecular weight is 411 g/mol. The summed E-state index contributed by atoms with van der Waals surface area (Å²) in [5.41, 5.74) is 1.74. The van der Waals surface area contributed by atoms with Crippen LogP contribution in [0.15, 0.2) is 30.3 Å². The standard InChI is InChI=1S/C23H38N2O2.ClH/c1-19-13-22(15-23(2,3)14-19)27-18-21(26)17-25-11-9-24(10-12-25)16-20-7-5-4-6-8-20;/h4-8,19,21-22,26H,9-18H2,1-3H3;1H. The molecule has 3 rings (SSSR count). The highest BCUT2D eigenvalue weighted by Crippen LogP contribution is 2.39. The van der Waals surface area contributed by atoms with Crippen LogP contribution < -0.4 is 0 Å². The van der Waals surface area contributed by atoms with Gasteiger partial charge in [-0.25, -0.2) is 0 Å². The molecule has 1 aliphatic heterocycles. The minimum atomic E-state index is -0.383. The predicted molar refractivity (Wildman–Crippen MR) is 118 cm³/mol. The highest BCUT2D eigenvalue weighted by molar-refractivity contribution is 5.85. The summed E-state index contributed by atoms with van der Waals surface area (Å²) in [5, 5.41) is 10.4. The van der Waals surface area contributed by atoms with Crippen molar-refractivity contribution in [1.82, 2.24) is 9.80 Å². The maximum atomic E-state index is 10.4. The topological polar surface area (TPSA) is 35.9 Å². The molecule has 1 aromatic carbocycles. The molecule has 1 heterocycles. The van der Waals surface area contributed by atoms with E-state index in [4.69, 9.17) is 4.74 Å². The number of hydrogen-bond donors (Lipinski definition) is 1. The number of halogens is 1. The van der Waals surface area contributed by atoms with Crippen molar-refractivity contribution in [3.05, 3.63) is 35.9 Å². The van der Waals surface area contributed by atoms with E-state index in [0.29, 0.717) is 24.0 Å². The van der Waals surface area contributed by atoms with Crippen molar-refractivity contribution in [3.8, 4) is 0 Å². The van der Waals surface area contributed by atoms with Gasteiger partial charge in [0.1, 0.15) is 0 Å². The monoisotopic (exact) mass is 410 g/mol. The summed E-state index contributed by atoms with van der Waals surface area (Å²) in [6, 6.07) is 10.7. The van der Waals surface area contributed by atoms with E-state index in [-0.39, 0.29) is 18.5 Å². The van der Waals surface area contributed by atoms with Crippen molar-refractivity contribution in [3.63, 3.8) is 0 Å². The van der Waals surface area contributed by atoms with Crippen molar-refractivity contribution in [2.24, 2.45) is 11.3 Å². The Kier molecular flexibility index (Phi) is 9.23. The molecule has 0 amide bonds. The van der Waals surface area contributed by atoms with Gasteiger partial charge in [0.15, 0.2) is 0 Å². The molecule has 0 spiro atoms. The average Bonchev–Trinajstić information content (AvgIpc) is 2.61. The summed E-state index contributed by atoms with van der Waals surface area (Å²) in [7, 11) is 0. The van der Waals surface area contributed by atoms with Crippen LogP contribution in [-0.2, 0) is 11.3 Å². The first-order valence-electron chi connectivity index (χ1n) is 10.7. The van der Waals surface area contributed by atoms with E-state index >= 15 is 0 Å². The van der Waals surface area contributed by atoms with E-state index in [2.05, 4.69) is 60.9 Å². The van der Waals surface area contributed by atoms with Crippen LogP contribution in [0.3, 0.4) is 0 Å². The molecule has 0 aromatic heterocycles. The third-order valence-electron chi connectivity index (χ3n) is 6.05. The number of rotatable bonds is 7. The molecule has 2 aliphatic rings. The molecule has 1 aliphatic carbocycles. The maximum absolute atomic E-state index is 10.4. The SMILES string of the molecule is CC1CC(OCC(O)CN2CCN(Cc3ccccc3)CC2)CC(C)(C)C1.Cl. The first-order chi connectivity index (χ1) is 12.9. The van der Waals surface area contributed by atoms with Crippen LogP contribution in [0.1, 0.15) is 45.6 Å². The molecule has 1 aromatic rings. The van der Waals surface area contributed by atoms with Gasteiger partial charge in [-0.15, -0.1) is 12.4 Å². The zero-order valence-electron chi connectivity index (χ0n) is 17.8. The number of hydrogen-bond acceptors (Lipinski definition) is 4. The summed E-state index contributed by atoms with van der Waals surface area (Å²) in [4.78, 5) is 4.88. The Labute approximate surface area is 177 Å². The smallest absolute Gasteiger partial charge is 0.0900 e. The molecule has 0 bridgehead atoms. The Balaban J connectivity index is 0.00000280. The number of β-amino-alcohol motifs (C(OH)–C–C–N with tert-alkyl or cyclic N) is 1. The van der Waals surface area contributed by atoms with Crippen LogP contribution in [0.4, 0.5) is 0 Å². The number of aliphatic hydroxyl groups excluding tert-OH is 1. The molecule has 160 valence electrons. The summed E-state index contributed by atoms with van der Waals surface area (Å²) >= 11 is 0. The second kappa shape index (κ2) is 10.9. The number of piperazine rings is 1. The van der Waals surface area contributed by atoms with Crippen LogP contribution in [0.25, 0.3) is 0 Å². The largest absolute Gasteiger partial charge is 0.389 e. The van der Waals surface area contributed by atoms with Gasteiger partial charge in [0.2, 0.25) is 0 Å². The molecular weight excluding hydrogens is 372 g/mol. The number of aliphatic hydroxyl groups is 1. The maximum Gasteiger partial charge on any atom is 0.0900 e. The van der Waals surface area contributed by atoms with Gasteiger partial charge in [-0.1, -0.05) is 51.1 Å². The van der Waals surface area contributed by atoms with Crippen LogP contribution in [0.2, 0.25) is 0 Å². The lowest BCUT2D eigenvalue weighted by molar-refractivity contribution is -0.0634. The van der Waals surface area contributed by atoms with Gasteiger partial charge in [-0.3, -0.25) is 9.80 Å². The van der Waals surface area contributed by atoms with Gasteiger partial charge >= 0.3 is 0 Å². The van der Waals surface area contributed by atoms with E-state index in [0.717, 1.165) is 52.1 Å². The zero-order valence-corrected chi connectivity index (χ0v) is 18.7. The Morgan fingerprint density at radius 2 is 1.71 bits per heavy atom. The lowest BCUT2D eigenvalue weighted by Gasteiger charge is -2.39. The van der Waals surface area contributed by atoms with E-state index < -0.39 is 0 Å². The van der Waals surface area contributed by atoms with E-state index in [1.54, 1.807) is 0 Å². The lowest BCUT2D eigenvalue weighted by atomic mass is 9.71. The molecular formula is C23H39ClN2O2. The van der Waals surface area contributed by atoms with Gasteiger partial charge in [0.05, 0.1) is 18.8 Å². The Hall–Kier alpha value is -0.650. The van der Waals surface area contributed by atoms with Gasteiger partial charge in [0.25, 0.3) is 0 Å². The first-order valence-corrected chi connectivity index (χ1v) is 10.7. The Bertz CT molecular complexity index is 561. The molecule has 3 unspecified atom stereocenters. The van der Waals surface area contributed by atoms with Gasteiger partial charge in [0, 0.05) is 39.3 Å². The first kappa shape index (κ1) is 23.6. The molecule has 1 saturated heterocycles. The van der Waals surface area contributed by atoms with Crippen LogP contribution in [0.5, 0.6) is 0 Å². The Morgan fingerprint density at radius 3 is 2.36 bits per heavy atom. The Morgan fingerprint density at radius 1 is 1.07 bits per heavy atom. The van der Waals surface area contributed by atoms with E-state index in [1.807, 2.05) is 0 Å². The van der Waals surface area contributed by atoms with Gasteiger partial charge in [-0.2, -0.15) is 0 Å². The quantitative estimate of drug-likeness (QED) is 0.741. The highest BCUT2D eigenvalue weighted by atomic mass is 35.5. The normalized spacial score (nSPS) is 27.1. The molecule has 28 heavy (non-hydrogen) atoms. The summed E-state index contributed by atoms with van der Waals surface area (Å²) in [5.74, 6) is 0.716. The van der Waals surface area contributed by atoms with Crippen molar-refractivity contribution in [2.45, 2.75) is 58.8 Å². The molecule has 5 heteroatoms. The van der Waals surface area contributed by atoms with Crippen molar-refractivity contribution < 1.29 is 9.84 Å². The molecule has 1 N–H and O–H groups in total. The van der Waals surface area contributed by atoms with Crippen LogP contribution in [-0.4, -0.2) is 66.4 Å². The fraction of sp³-hybridized carbons (Fsp3) is 0.739. The second-order valence-electron chi connectivity index (χ2n) is 9.58. The van der Waals surface area contributed by atoms with E-state index in [1.165, 1.54) is 12.0 Å². The molecule has 2 fully saturated rings. The van der Waals surface area contributed by atoms with E-state index in [9.17, 15) is 5.11 Å². The molecule has 3 atom stereocenters. The molecule has 0 radical (unpaired) electrons. The van der Waals surface area contributed by atoms with Crippen molar-refractivity contribution >= 4 is 12.4 Å². The summed E-state index contributed by atoms with van der Waals surface area (Å²) in [6.45, 7) is 13.4. The number of ether oxygens (including phenoxy) is 1. The third kappa shape index (κ3) is 7.64. The van der Waals surface area contributed by atoms with Crippen LogP contribution in [0, 0.1) is 11.3 Å². The third-order valence-corrected chi connectivity index (χ3v) is 6.05. The minimum Gasteiger partial charge on any atom is -0.389 e. The van der Waals surface area contributed by atoms with Crippen LogP contribution >= 0.6 is 12.4 Å². The summed E-state index contributed by atoms with van der Waals surface area (Å²) < 4.78 is 6.11. The highest BCUT2D eigenvalue weighted by Gasteiger charge is 2.32. The van der Waals surface area contributed by atoms with Gasteiger partial charge < -0.3 is 9.84 Å². The van der Waals surface area contributed by atoms with Crippen molar-refractivity contribution in [1.29, 1.82) is 0 Å². The number of benzene rings is 1. The molecule has 1 saturated carbocycles. The van der Waals surface area contributed by atoms with Gasteiger partial charge in [-0.05, 0) is 36.2 Å². The second-order valence-corrected chi connectivity index (χ2v) is 9.58. The fourth-order valence-corrected chi connectivity index (χ4v) is 4.95. The number of nitrogens with zero attached hydrogens (tertiary/aromatic N) is 2.